The van der Waals surface area contributed by atoms with E-state index in [1.54, 1.807) is 0 Å². The number of nitrogens with two attached hydrogens (primary N) is 1. The van der Waals surface area contributed by atoms with E-state index < -0.39 is 0 Å². The number of allylic oxidation sites excluding steroid dienone is 4. The van der Waals surface area contributed by atoms with Gasteiger partial charge in [0.1, 0.15) is 0 Å². The van der Waals surface area contributed by atoms with Gasteiger partial charge in [-0.05, 0) is 45.1 Å². The topological polar surface area (TPSA) is 26.0 Å². The molecule has 0 atom stereocenters. The van der Waals surface area contributed by atoms with Crippen molar-refractivity contribution in [3.8, 4) is 0 Å². The first kappa shape index (κ1) is 19.4. The van der Waals surface area contributed by atoms with Crippen molar-refractivity contribution in [3.63, 3.8) is 0 Å². The van der Waals surface area contributed by atoms with Crippen LogP contribution < -0.4 is 5.73 Å². The van der Waals surface area contributed by atoms with Gasteiger partial charge in [-0.2, -0.15) is 0 Å². The lowest BCUT2D eigenvalue weighted by Gasteiger charge is -1.99. The highest BCUT2D eigenvalue weighted by Gasteiger charge is 1.90. The van der Waals surface area contributed by atoms with Crippen molar-refractivity contribution < 1.29 is 0 Å². The number of unbranched alkanes of at least 4 members (excludes halogenated alkanes) is 10. The molecule has 0 radical (unpaired) electrons. The Hall–Kier alpha value is -0.560. The molecule has 0 bridgehead atoms. The molecule has 0 aliphatic rings. The third-order valence-corrected chi connectivity index (χ3v) is 3.65. The molecule has 0 aromatic rings. The average molecular weight is 280 g/mol. The lowest BCUT2D eigenvalue weighted by molar-refractivity contribution is 0.584. The normalized spacial score (nSPS) is 11.9. The van der Waals surface area contributed by atoms with Gasteiger partial charge in [0.2, 0.25) is 0 Å². The van der Waals surface area contributed by atoms with E-state index in [2.05, 4.69) is 31.2 Å². The van der Waals surface area contributed by atoms with E-state index in [0.717, 1.165) is 13.0 Å². The van der Waals surface area contributed by atoms with Crippen LogP contribution in [0.5, 0.6) is 0 Å². The highest BCUT2D eigenvalue weighted by atomic mass is 14.5. The van der Waals surface area contributed by atoms with Crippen LogP contribution in [0.1, 0.15) is 90.4 Å². The maximum Gasteiger partial charge on any atom is -0.00773 e. The van der Waals surface area contributed by atoms with Gasteiger partial charge in [-0.15, -0.1) is 0 Å². The predicted molar refractivity (Wildman–Crippen MR) is 93.0 cm³/mol. The first-order valence-electron chi connectivity index (χ1n) is 8.92. The van der Waals surface area contributed by atoms with Gasteiger partial charge < -0.3 is 5.73 Å². The van der Waals surface area contributed by atoms with Crippen LogP contribution in [-0.2, 0) is 0 Å². The van der Waals surface area contributed by atoms with Gasteiger partial charge in [-0.25, -0.2) is 0 Å². The van der Waals surface area contributed by atoms with Gasteiger partial charge in [-0.3, -0.25) is 0 Å². The monoisotopic (exact) mass is 279 g/mol. The highest BCUT2D eigenvalue weighted by molar-refractivity contribution is 4.92. The molecule has 1 heteroatoms. The van der Waals surface area contributed by atoms with Crippen LogP contribution in [0.25, 0.3) is 0 Å². The quantitative estimate of drug-likeness (QED) is 0.282. The van der Waals surface area contributed by atoms with Crippen molar-refractivity contribution in [2.45, 2.75) is 90.4 Å². The molecule has 0 heterocycles. The van der Waals surface area contributed by atoms with E-state index in [1.807, 2.05) is 0 Å². The Balaban J connectivity index is 3.12. The molecule has 0 unspecified atom stereocenters. The van der Waals surface area contributed by atoms with Crippen LogP contribution in [0.4, 0.5) is 0 Å². The molecule has 2 N–H and O–H groups in total. The Bertz CT molecular complexity index is 218. The zero-order valence-corrected chi connectivity index (χ0v) is 13.8. The van der Waals surface area contributed by atoms with Crippen molar-refractivity contribution in [1.29, 1.82) is 0 Å². The summed E-state index contributed by atoms with van der Waals surface area (Å²) < 4.78 is 0. The fraction of sp³-hybridized carbons (Fsp3) is 0.789. The second kappa shape index (κ2) is 18.4. The summed E-state index contributed by atoms with van der Waals surface area (Å²) in [6.45, 7) is 3.12. The molecule has 0 aliphatic heterocycles. The summed E-state index contributed by atoms with van der Waals surface area (Å²) in [4.78, 5) is 0. The van der Waals surface area contributed by atoms with E-state index in [4.69, 9.17) is 5.73 Å². The molecule has 0 fully saturated rings. The molecule has 0 saturated heterocycles. The lowest BCUT2D eigenvalue weighted by atomic mass is 10.1. The van der Waals surface area contributed by atoms with Crippen LogP contribution >= 0.6 is 0 Å². The second-order valence-corrected chi connectivity index (χ2v) is 5.73. The summed E-state index contributed by atoms with van der Waals surface area (Å²) in [7, 11) is 0. The van der Waals surface area contributed by atoms with E-state index in [1.165, 1.54) is 77.0 Å². The fourth-order valence-corrected chi connectivity index (χ4v) is 2.31. The van der Waals surface area contributed by atoms with E-state index >= 15 is 0 Å². The third kappa shape index (κ3) is 17.4. The summed E-state index contributed by atoms with van der Waals surface area (Å²) in [5.41, 5.74) is 5.48. The lowest BCUT2D eigenvalue weighted by Crippen LogP contribution is -1.97. The van der Waals surface area contributed by atoms with E-state index in [9.17, 15) is 0 Å². The first-order valence-corrected chi connectivity index (χ1v) is 8.92. The Morgan fingerprint density at radius 3 is 1.65 bits per heavy atom. The highest BCUT2D eigenvalue weighted by Crippen LogP contribution is 2.08. The number of rotatable bonds is 15. The van der Waals surface area contributed by atoms with Crippen LogP contribution in [0.2, 0.25) is 0 Å². The zero-order chi connectivity index (χ0) is 14.7. The molecular formula is C19H37N. The molecule has 0 spiro atoms. The minimum atomic E-state index is 0.859. The predicted octanol–water partition coefficient (Wildman–Crippen LogP) is 6.15. The average Bonchev–Trinajstić information content (AvgIpc) is 2.47. The molecule has 0 amide bonds. The molecule has 0 saturated carbocycles. The summed E-state index contributed by atoms with van der Waals surface area (Å²) in [5, 5.41) is 0. The summed E-state index contributed by atoms with van der Waals surface area (Å²) in [6, 6.07) is 0. The molecule has 0 aliphatic carbocycles. The van der Waals surface area contributed by atoms with Gasteiger partial charge in [0.05, 0.1) is 0 Å². The Kier molecular flexibility index (Phi) is 17.9. The van der Waals surface area contributed by atoms with Crippen molar-refractivity contribution in [2.24, 2.45) is 5.73 Å². The molecule has 0 aromatic carbocycles. The standard InChI is InChI=1S/C19H37N/c1-2-3-4-5-6-7-8-9-10-11-12-13-14-15-16-17-18-19-20/h6-7,9-10H,2-5,8,11-20H2,1H3/b7-6-,10-9-. The number of hydrogen-bond acceptors (Lipinski definition) is 1. The van der Waals surface area contributed by atoms with Gasteiger partial charge >= 0.3 is 0 Å². The van der Waals surface area contributed by atoms with Crippen molar-refractivity contribution >= 4 is 0 Å². The van der Waals surface area contributed by atoms with Crippen LogP contribution in [0.3, 0.4) is 0 Å². The molecule has 0 aromatic heterocycles. The van der Waals surface area contributed by atoms with Crippen molar-refractivity contribution in [3.05, 3.63) is 24.3 Å². The van der Waals surface area contributed by atoms with Crippen LogP contribution in [0, 0.1) is 0 Å². The summed E-state index contributed by atoms with van der Waals surface area (Å²) >= 11 is 0. The third-order valence-electron chi connectivity index (χ3n) is 3.65. The van der Waals surface area contributed by atoms with Gasteiger partial charge in [-0.1, -0.05) is 76.2 Å². The molecular weight excluding hydrogens is 242 g/mol. The fourth-order valence-electron chi connectivity index (χ4n) is 2.31. The minimum Gasteiger partial charge on any atom is -0.330 e. The van der Waals surface area contributed by atoms with Crippen LogP contribution in [0.15, 0.2) is 24.3 Å². The molecule has 20 heavy (non-hydrogen) atoms. The zero-order valence-electron chi connectivity index (χ0n) is 13.8. The van der Waals surface area contributed by atoms with E-state index in [-0.39, 0.29) is 0 Å². The van der Waals surface area contributed by atoms with Gasteiger partial charge in [0, 0.05) is 0 Å². The first-order chi connectivity index (χ1) is 9.91. The van der Waals surface area contributed by atoms with E-state index in [0.29, 0.717) is 0 Å². The van der Waals surface area contributed by atoms with Gasteiger partial charge in [0.25, 0.3) is 0 Å². The van der Waals surface area contributed by atoms with Crippen molar-refractivity contribution in [1.82, 2.24) is 0 Å². The maximum atomic E-state index is 5.48. The molecule has 118 valence electrons. The number of hydrogen-bond donors (Lipinski definition) is 1. The van der Waals surface area contributed by atoms with Crippen molar-refractivity contribution in [2.75, 3.05) is 6.54 Å². The summed E-state index contributed by atoms with van der Waals surface area (Å²) in [6.07, 6.45) is 26.4. The Morgan fingerprint density at radius 1 is 0.600 bits per heavy atom. The molecule has 0 rings (SSSR count). The van der Waals surface area contributed by atoms with Gasteiger partial charge in [0.15, 0.2) is 0 Å². The Morgan fingerprint density at radius 2 is 1.10 bits per heavy atom. The Labute approximate surface area is 127 Å². The minimum absolute atomic E-state index is 0.859. The summed E-state index contributed by atoms with van der Waals surface area (Å²) in [5.74, 6) is 0. The largest absolute Gasteiger partial charge is 0.330 e. The SMILES string of the molecule is CCCCC/C=C\C/C=C\CCCCCCCCCN. The smallest absolute Gasteiger partial charge is 0.00773 e. The maximum absolute atomic E-state index is 5.48. The van der Waals surface area contributed by atoms with Crippen LogP contribution in [-0.4, -0.2) is 6.54 Å². The second-order valence-electron chi connectivity index (χ2n) is 5.73. The molecule has 1 nitrogen and oxygen atoms in total.